The standard InChI is InChI=1S/C20H22N4OS/c1-14-3-7-16(8-4-14)13-21-18(25)11-12-24-19(22-23-20(24)26)17-9-5-15(2)6-10-17/h3-10H,11-13H2,1-2H3,(H,21,25)(H,23,26). The number of hydrogen-bond acceptors (Lipinski definition) is 3. The fraction of sp³-hybridized carbons (Fsp3) is 0.250. The van der Waals surface area contributed by atoms with Gasteiger partial charge in [-0.2, -0.15) is 5.10 Å². The molecule has 5 nitrogen and oxygen atoms in total. The minimum Gasteiger partial charge on any atom is -0.352 e. The van der Waals surface area contributed by atoms with Gasteiger partial charge in [-0.15, -0.1) is 0 Å². The van der Waals surface area contributed by atoms with E-state index in [1.54, 1.807) is 0 Å². The fourth-order valence-electron chi connectivity index (χ4n) is 2.66. The van der Waals surface area contributed by atoms with Gasteiger partial charge in [0.15, 0.2) is 10.6 Å². The Labute approximate surface area is 158 Å². The van der Waals surface area contributed by atoms with E-state index in [2.05, 4.69) is 15.5 Å². The smallest absolute Gasteiger partial charge is 0.222 e. The molecule has 1 amide bonds. The summed E-state index contributed by atoms with van der Waals surface area (Å²) in [6.07, 6.45) is 0.346. The number of carbonyl (C=O) groups is 1. The Balaban J connectivity index is 1.61. The second kappa shape index (κ2) is 8.10. The van der Waals surface area contributed by atoms with Gasteiger partial charge in [0.25, 0.3) is 0 Å². The van der Waals surface area contributed by atoms with Crippen molar-refractivity contribution in [3.63, 3.8) is 0 Å². The topological polar surface area (TPSA) is 62.7 Å². The Morgan fingerprint density at radius 1 is 1.08 bits per heavy atom. The van der Waals surface area contributed by atoms with Crippen molar-refractivity contribution in [2.75, 3.05) is 0 Å². The molecule has 1 heterocycles. The third kappa shape index (κ3) is 4.46. The maximum atomic E-state index is 12.2. The molecule has 0 radical (unpaired) electrons. The Bertz CT molecular complexity index is 939. The summed E-state index contributed by atoms with van der Waals surface area (Å²) in [6.45, 7) is 5.10. The average molecular weight is 366 g/mol. The van der Waals surface area contributed by atoms with Crippen LogP contribution in [-0.2, 0) is 17.9 Å². The molecule has 0 saturated heterocycles. The first kappa shape index (κ1) is 18.1. The largest absolute Gasteiger partial charge is 0.352 e. The summed E-state index contributed by atoms with van der Waals surface area (Å²) in [5.74, 6) is 0.741. The first-order chi connectivity index (χ1) is 12.5. The van der Waals surface area contributed by atoms with Crippen LogP contribution < -0.4 is 5.32 Å². The number of aromatic nitrogens is 3. The van der Waals surface area contributed by atoms with Gasteiger partial charge in [0.2, 0.25) is 5.91 Å². The lowest BCUT2D eigenvalue weighted by molar-refractivity contribution is -0.121. The van der Waals surface area contributed by atoms with Gasteiger partial charge in [-0.3, -0.25) is 14.5 Å². The van der Waals surface area contributed by atoms with E-state index in [1.807, 2.05) is 66.9 Å². The predicted molar refractivity (Wildman–Crippen MR) is 105 cm³/mol. The van der Waals surface area contributed by atoms with E-state index >= 15 is 0 Å². The molecular formula is C20H22N4OS. The van der Waals surface area contributed by atoms with Gasteiger partial charge in [-0.05, 0) is 31.6 Å². The Morgan fingerprint density at radius 2 is 1.69 bits per heavy atom. The summed E-state index contributed by atoms with van der Waals surface area (Å²) in [4.78, 5) is 12.2. The third-order valence-corrected chi connectivity index (χ3v) is 4.55. The van der Waals surface area contributed by atoms with Crippen molar-refractivity contribution in [2.45, 2.75) is 33.4 Å². The highest BCUT2D eigenvalue weighted by atomic mass is 32.1. The second-order valence-corrected chi connectivity index (χ2v) is 6.77. The molecule has 2 aromatic carbocycles. The highest BCUT2D eigenvalue weighted by Gasteiger charge is 2.10. The van der Waals surface area contributed by atoms with Crippen molar-refractivity contribution in [1.29, 1.82) is 0 Å². The molecule has 0 aliphatic carbocycles. The van der Waals surface area contributed by atoms with Crippen LogP contribution in [0.3, 0.4) is 0 Å². The quantitative estimate of drug-likeness (QED) is 0.650. The molecule has 0 aliphatic heterocycles. The van der Waals surface area contributed by atoms with Crippen LogP contribution in [0.15, 0.2) is 48.5 Å². The molecule has 0 unspecified atom stereocenters. The summed E-state index contributed by atoms with van der Waals surface area (Å²) in [6, 6.07) is 16.2. The number of nitrogens with one attached hydrogen (secondary N) is 2. The van der Waals surface area contributed by atoms with Crippen LogP contribution in [0.4, 0.5) is 0 Å². The number of aromatic amines is 1. The lowest BCUT2D eigenvalue weighted by atomic mass is 10.1. The van der Waals surface area contributed by atoms with Crippen molar-refractivity contribution >= 4 is 18.1 Å². The molecule has 26 heavy (non-hydrogen) atoms. The molecule has 3 aromatic rings. The van der Waals surface area contributed by atoms with E-state index in [1.165, 1.54) is 11.1 Å². The van der Waals surface area contributed by atoms with Crippen LogP contribution in [-0.4, -0.2) is 20.7 Å². The molecule has 0 aliphatic rings. The fourth-order valence-corrected chi connectivity index (χ4v) is 2.88. The number of hydrogen-bond donors (Lipinski definition) is 2. The minimum atomic E-state index is -0.0106. The van der Waals surface area contributed by atoms with E-state index in [0.29, 0.717) is 24.3 Å². The molecule has 2 N–H and O–H groups in total. The normalized spacial score (nSPS) is 10.7. The Morgan fingerprint density at radius 3 is 2.35 bits per heavy atom. The molecule has 0 fully saturated rings. The molecule has 1 aromatic heterocycles. The van der Waals surface area contributed by atoms with Crippen molar-refractivity contribution in [1.82, 2.24) is 20.1 Å². The van der Waals surface area contributed by atoms with E-state index in [-0.39, 0.29) is 5.91 Å². The maximum Gasteiger partial charge on any atom is 0.222 e. The summed E-state index contributed by atoms with van der Waals surface area (Å²) < 4.78 is 2.39. The zero-order valence-corrected chi connectivity index (χ0v) is 15.8. The molecule has 0 spiro atoms. The van der Waals surface area contributed by atoms with E-state index in [0.717, 1.165) is 17.0 Å². The molecule has 6 heteroatoms. The van der Waals surface area contributed by atoms with Gasteiger partial charge < -0.3 is 5.32 Å². The maximum absolute atomic E-state index is 12.2. The highest BCUT2D eigenvalue weighted by Crippen LogP contribution is 2.18. The molecular weight excluding hydrogens is 344 g/mol. The van der Waals surface area contributed by atoms with Crippen LogP contribution in [0, 0.1) is 18.6 Å². The molecule has 0 atom stereocenters. The number of H-pyrrole nitrogens is 1. The lowest BCUT2D eigenvalue weighted by Gasteiger charge is -2.08. The van der Waals surface area contributed by atoms with Gasteiger partial charge in [0.05, 0.1) is 0 Å². The molecule has 0 bridgehead atoms. The number of rotatable bonds is 6. The number of benzene rings is 2. The Kier molecular flexibility index (Phi) is 5.63. The summed E-state index contributed by atoms with van der Waals surface area (Å²) in [5.41, 5.74) is 4.45. The predicted octanol–water partition coefficient (Wildman–Crippen LogP) is 3.93. The first-order valence-corrected chi connectivity index (χ1v) is 8.98. The molecule has 0 saturated carbocycles. The molecule has 134 valence electrons. The number of aryl methyl sites for hydroxylation is 2. The zero-order valence-electron chi connectivity index (χ0n) is 15.0. The van der Waals surface area contributed by atoms with Gasteiger partial charge >= 0.3 is 0 Å². The van der Waals surface area contributed by atoms with Gasteiger partial charge in [-0.25, -0.2) is 0 Å². The van der Waals surface area contributed by atoms with Gasteiger partial charge in [0, 0.05) is 25.1 Å². The van der Waals surface area contributed by atoms with E-state index in [4.69, 9.17) is 12.2 Å². The van der Waals surface area contributed by atoms with E-state index < -0.39 is 0 Å². The van der Waals surface area contributed by atoms with Crippen molar-refractivity contribution in [3.05, 3.63) is 70.0 Å². The zero-order chi connectivity index (χ0) is 18.5. The van der Waals surface area contributed by atoms with Crippen LogP contribution in [0.25, 0.3) is 11.4 Å². The number of carbonyl (C=O) groups excluding carboxylic acids is 1. The highest BCUT2D eigenvalue weighted by molar-refractivity contribution is 7.71. The summed E-state index contributed by atoms with van der Waals surface area (Å²) >= 11 is 5.32. The number of nitrogens with zero attached hydrogens (tertiary/aromatic N) is 2. The molecule has 3 rings (SSSR count). The summed E-state index contributed by atoms with van der Waals surface area (Å²) in [5, 5.41) is 10.1. The minimum absolute atomic E-state index is 0.0106. The van der Waals surface area contributed by atoms with Gasteiger partial charge in [0.1, 0.15) is 0 Å². The Hall–Kier alpha value is -2.73. The average Bonchev–Trinajstić information content (AvgIpc) is 3.01. The van der Waals surface area contributed by atoms with Crippen LogP contribution >= 0.6 is 12.2 Å². The van der Waals surface area contributed by atoms with Gasteiger partial charge in [-0.1, -0.05) is 59.7 Å². The van der Waals surface area contributed by atoms with Crippen LogP contribution in [0.5, 0.6) is 0 Å². The monoisotopic (exact) mass is 366 g/mol. The lowest BCUT2D eigenvalue weighted by Crippen LogP contribution is -2.24. The SMILES string of the molecule is Cc1ccc(CNC(=O)CCn2c(-c3ccc(C)cc3)n[nH]c2=S)cc1. The first-order valence-electron chi connectivity index (χ1n) is 8.57. The van der Waals surface area contributed by atoms with Crippen molar-refractivity contribution in [3.8, 4) is 11.4 Å². The second-order valence-electron chi connectivity index (χ2n) is 6.38. The van der Waals surface area contributed by atoms with Crippen molar-refractivity contribution < 1.29 is 4.79 Å². The van der Waals surface area contributed by atoms with E-state index in [9.17, 15) is 4.79 Å². The van der Waals surface area contributed by atoms with Crippen LogP contribution in [0.1, 0.15) is 23.1 Å². The summed E-state index contributed by atoms with van der Waals surface area (Å²) in [7, 11) is 0. The number of amides is 1. The van der Waals surface area contributed by atoms with Crippen molar-refractivity contribution in [2.24, 2.45) is 0 Å². The van der Waals surface area contributed by atoms with Crippen LogP contribution in [0.2, 0.25) is 0 Å². The third-order valence-electron chi connectivity index (χ3n) is 4.24.